The van der Waals surface area contributed by atoms with E-state index in [4.69, 9.17) is 4.74 Å². The SMILES string of the molecule is CC(I)C(=O)OC1CC(C(C)(C)C)N([O])C(C(C)(C)C)C1. The van der Waals surface area contributed by atoms with E-state index in [9.17, 15) is 10.0 Å². The third kappa shape index (κ3) is 5.06. The zero-order chi connectivity index (χ0) is 16.6. The molecule has 1 fully saturated rings. The lowest BCUT2D eigenvalue weighted by atomic mass is 9.73. The number of ether oxygens (including phenoxy) is 1. The fraction of sp³-hybridized carbons (Fsp3) is 0.938. The minimum Gasteiger partial charge on any atom is -0.461 e. The van der Waals surface area contributed by atoms with Crippen LogP contribution in [0.15, 0.2) is 0 Å². The van der Waals surface area contributed by atoms with Crippen LogP contribution in [0.5, 0.6) is 0 Å². The quantitative estimate of drug-likeness (QED) is 0.393. The van der Waals surface area contributed by atoms with Crippen LogP contribution in [0.1, 0.15) is 61.3 Å². The molecule has 0 aromatic carbocycles. The average Bonchev–Trinajstić information content (AvgIpc) is 2.27. The maximum Gasteiger partial charge on any atom is 0.318 e. The summed E-state index contributed by atoms with van der Waals surface area (Å²) in [5.41, 5.74) is -0.265. The van der Waals surface area contributed by atoms with E-state index in [1.54, 1.807) is 0 Å². The summed E-state index contributed by atoms with van der Waals surface area (Å²) in [7, 11) is 0. The molecule has 0 aromatic heterocycles. The summed E-state index contributed by atoms with van der Waals surface area (Å²) < 4.78 is 5.48. The smallest absolute Gasteiger partial charge is 0.318 e. The van der Waals surface area contributed by atoms with Crippen LogP contribution in [-0.2, 0) is 14.7 Å². The first-order valence-electron chi connectivity index (χ1n) is 7.64. The number of carbonyl (C=O) groups is 1. The summed E-state index contributed by atoms with van der Waals surface area (Å²) in [5, 5.41) is 14.0. The molecular weight excluding hydrogens is 381 g/mol. The second-order valence-corrected chi connectivity index (χ2v) is 10.1. The Bertz CT molecular complexity index is 347. The van der Waals surface area contributed by atoms with Gasteiger partial charge < -0.3 is 4.74 Å². The Morgan fingerprint density at radius 1 is 1.10 bits per heavy atom. The zero-order valence-corrected chi connectivity index (χ0v) is 16.4. The van der Waals surface area contributed by atoms with E-state index in [-0.39, 0.29) is 38.9 Å². The first-order chi connectivity index (χ1) is 9.34. The number of halogens is 1. The molecule has 0 aliphatic carbocycles. The molecule has 3 atom stereocenters. The molecule has 1 saturated heterocycles. The van der Waals surface area contributed by atoms with E-state index >= 15 is 0 Å². The first kappa shape index (κ1) is 19.2. The van der Waals surface area contributed by atoms with Gasteiger partial charge in [0.2, 0.25) is 0 Å². The number of piperidine rings is 1. The van der Waals surface area contributed by atoms with Gasteiger partial charge in [-0.05, 0) is 17.8 Å². The van der Waals surface area contributed by atoms with E-state index in [0.717, 1.165) is 0 Å². The average molecular weight is 410 g/mol. The molecule has 0 amide bonds. The number of hydrogen-bond donors (Lipinski definition) is 0. The highest BCUT2D eigenvalue weighted by atomic mass is 127. The van der Waals surface area contributed by atoms with Gasteiger partial charge in [-0.3, -0.25) is 4.79 Å². The maximum atomic E-state index is 12.8. The summed E-state index contributed by atoms with van der Waals surface area (Å²) in [6.07, 6.45) is 1.08. The van der Waals surface area contributed by atoms with Crippen molar-refractivity contribution >= 4 is 28.6 Å². The van der Waals surface area contributed by atoms with Crippen molar-refractivity contribution in [3.63, 3.8) is 0 Å². The molecule has 5 heteroatoms. The molecule has 0 aromatic rings. The van der Waals surface area contributed by atoms with Crippen molar-refractivity contribution in [3.05, 3.63) is 0 Å². The van der Waals surface area contributed by atoms with Gasteiger partial charge in [-0.1, -0.05) is 64.1 Å². The maximum absolute atomic E-state index is 12.8. The zero-order valence-electron chi connectivity index (χ0n) is 14.3. The molecule has 1 radical (unpaired) electrons. The van der Waals surface area contributed by atoms with Crippen molar-refractivity contribution in [2.45, 2.75) is 83.4 Å². The number of rotatable bonds is 2. The molecule has 4 nitrogen and oxygen atoms in total. The Labute approximate surface area is 142 Å². The number of carbonyl (C=O) groups excluding carboxylic acids is 1. The fourth-order valence-electron chi connectivity index (χ4n) is 2.84. The number of alkyl halides is 1. The van der Waals surface area contributed by atoms with Gasteiger partial charge in [0, 0.05) is 24.9 Å². The third-order valence-corrected chi connectivity index (χ3v) is 4.70. The number of esters is 1. The molecule has 21 heavy (non-hydrogen) atoms. The predicted molar refractivity (Wildman–Crippen MR) is 91.6 cm³/mol. The molecule has 0 N–H and O–H groups in total. The molecule has 0 saturated carbocycles. The van der Waals surface area contributed by atoms with Crippen LogP contribution in [0, 0.1) is 10.8 Å². The van der Waals surface area contributed by atoms with E-state index in [0.29, 0.717) is 12.8 Å². The summed E-state index contributed by atoms with van der Waals surface area (Å²) in [4.78, 5) is 11.9. The summed E-state index contributed by atoms with van der Waals surface area (Å²) >= 11 is 2.06. The molecule has 1 heterocycles. The molecule has 123 valence electrons. The van der Waals surface area contributed by atoms with Gasteiger partial charge in [0.25, 0.3) is 0 Å². The van der Waals surface area contributed by atoms with Crippen molar-refractivity contribution in [2.24, 2.45) is 10.8 Å². The molecule has 1 rings (SSSR count). The molecule has 0 bridgehead atoms. The third-order valence-electron chi connectivity index (χ3n) is 4.19. The second-order valence-electron chi connectivity index (χ2n) is 8.27. The van der Waals surface area contributed by atoms with Crippen LogP contribution < -0.4 is 0 Å². The van der Waals surface area contributed by atoms with Crippen LogP contribution in [0.2, 0.25) is 0 Å². The van der Waals surface area contributed by atoms with Gasteiger partial charge >= 0.3 is 5.97 Å². The van der Waals surface area contributed by atoms with Crippen LogP contribution >= 0.6 is 22.6 Å². The van der Waals surface area contributed by atoms with Gasteiger partial charge in [-0.2, -0.15) is 0 Å². The van der Waals surface area contributed by atoms with Gasteiger partial charge in [0.05, 0.1) is 0 Å². The number of hydroxylamine groups is 2. The topological polar surface area (TPSA) is 49.4 Å². The molecular formula is C16H29INO3. The van der Waals surface area contributed by atoms with Crippen LogP contribution in [0.4, 0.5) is 0 Å². The largest absolute Gasteiger partial charge is 0.461 e. The monoisotopic (exact) mass is 410 g/mol. The number of nitrogens with zero attached hydrogens (tertiary/aromatic N) is 1. The highest BCUT2D eigenvalue weighted by molar-refractivity contribution is 14.1. The minimum absolute atomic E-state index is 0.127. The summed E-state index contributed by atoms with van der Waals surface area (Å²) in [6, 6.07) is -0.254. The van der Waals surface area contributed by atoms with Crippen molar-refractivity contribution in [2.75, 3.05) is 0 Å². The number of hydrogen-bond acceptors (Lipinski definition) is 3. The Morgan fingerprint density at radius 2 is 1.48 bits per heavy atom. The van der Waals surface area contributed by atoms with Crippen molar-refractivity contribution in [3.8, 4) is 0 Å². The lowest BCUT2D eigenvalue weighted by Gasteiger charge is -2.49. The van der Waals surface area contributed by atoms with E-state index < -0.39 is 0 Å². The van der Waals surface area contributed by atoms with Gasteiger partial charge in [-0.15, -0.1) is 10.3 Å². The summed E-state index contributed by atoms with van der Waals surface area (Å²) in [5.74, 6) is -0.180. The first-order valence-corrected chi connectivity index (χ1v) is 8.88. The standard InChI is InChI=1S/C16H29INO3/c1-10(17)14(19)21-11-8-12(15(2,3)4)18(20)13(9-11)16(5,6)7/h10-13H,8-9H2,1-7H3. The fourth-order valence-corrected chi connectivity index (χ4v) is 2.99. The Kier molecular flexibility index (Phi) is 6.12. The van der Waals surface area contributed by atoms with E-state index in [1.807, 2.05) is 6.92 Å². The Balaban J connectivity index is 2.96. The summed E-state index contributed by atoms with van der Waals surface area (Å²) in [6.45, 7) is 14.3. The minimum atomic E-state index is -0.180. The van der Waals surface area contributed by atoms with Crippen LogP contribution in [0.3, 0.4) is 0 Å². The van der Waals surface area contributed by atoms with Crippen molar-refractivity contribution in [1.82, 2.24) is 5.06 Å². The molecule has 0 spiro atoms. The highest BCUT2D eigenvalue weighted by Gasteiger charge is 2.46. The Hall–Kier alpha value is 0.120. The molecule has 3 unspecified atom stereocenters. The van der Waals surface area contributed by atoms with Gasteiger partial charge in [0.1, 0.15) is 10.0 Å². The van der Waals surface area contributed by atoms with Crippen molar-refractivity contribution in [1.29, 1.82) is 0 Å². The highest BCUT2D eigenvalue weighted by Crippen LogP contribution is 2.40. The molecule has 1 aliphatic heterocycles. The predicted octanol–water partition coefficient (Wildman–Crippen LogP) is 3.99. The second kappa shape index (κ2) is 6.71. The van der Waals surface area contributed by atoms with Crippen molar-refractivity contribution < 1.29 is 14.7 Å². The molecule has 1 aliphatic rings. The van der Waals surface area contributed by atoms with E-state index in [2.05, 4.69) is 64.1 Å². The normalized spacial score (nSPS) is 30.0. The Morgan fingerprint density at radius 3 is 1.76 bits per heavy atom. The van der Waals surface area contributed by atoms with E-state index in [1.165, 1.54) is 5.06 Å². The van der Waals surface area contributed by atoms with Gasteiger partial charge in [0.15, 0.2) is 0 Å². The van der Waals surface area contributed by atoms with Gasteiger partial charge in [-0.25, -0.2) is 0 Å². The van der Waals surface area contributed by atoms with Crippen LogP contribution in [-0.4, -0.2) is 33.1 Å². The van der Waals surface area contributed by atoms with Crippen LogP contribution in [0.25, 0.3) is 0 Å². The lowest BCUT2D eigenvalue weighted by Crippen LogP contribution is -2.58. The lowest BCUT2D eigenvalue weighted by molar-refractivity contribution is -0.279.